The van der Waals surface area contributed by atoms with Gasteiger partial charge in [-0.15, -0.1) is 0 Å². The van der Waals surface area contributed by atoms with Crippen molar-refractivity contribution in [3.63, 3.8) is 0 Å². The smallest absolute Gasteiger partial charge is 0.226 e. The van der Waals surface area contributed by atoms with E-state index in [9.17, 15) is 4.79 Å². The van der Waals surface area contributed by atoms with Gasteiger partial charge in [0.05, 0.1) is 5.41 Å². The maximum absolute atomic E-state index is 12.4. The van der Waals surface area contributed by atoms with Crippen molar-refractivity contribution in [2.24, 2.45) is 11.3 Å². The highest BCUT2D eigenvalue weighted by Gasteiger charge is 2.49. The zero-order valence-corrected chi connectivity index (χ0v) is 10.9. The van der Waals surface area contributed by atoms with Gasteiger partial charge in [-0.2, -0.15) is 0 Å². The van der Waals surface area contributed by atoms with Crippen LogP contribution in [0.2, 0.25) is 0 Å². The molecule has 1 amide bonds. The van der Waals surface area contributed by atoms with Gasteiger partial charge >= 0.3 is 0 Å². The molecule has 0 aromatic heterocycles. The minimum Gasteiger partial charge on any atom is -0.353 e. The van der Waals surface area contributed by atoms with Gasteiger partial charge in [0.15, 0.2) is 0 Å². The number of nitrogens with one attached hydrogen (secondary N) is 1. The number of hydrogen-bond acceptors (Lipinski definition) is 2. The van der Waals surface area contributed by atoms with E-state index >= 15 is 0 Å². The third-order valence-electron chi connectivity index (χ3n) is 5.37. The molecule has 1 aliphatic carbocycles. The second-order valence-corrected chi connectivity index (χ2v) is 6.19. The lowest BCUT2D eigenvalue weighted by Gasteiger charge is -2.46. The molecule has 1 N–H and O–H groups in total. The van der Waals surface area contributed by atoms with E-state index in [1.54, 1.807) is 0 Å². The number of rotatable bonds is 1. The van der Waals surface area contributed by atoms with E-state index in [0.717, 1.165) is 38.4 Å². The maximum Gasteiger partial charge on any atom is 0.226 e. The molecule has 0 radical (unpaired) electrons. The maximum atomic E-state index is 12.4. The average Bonchev–Trinajstić information content (AvgIpc) is 2.78. The molecule has 0 bridgehead atoms. The summed E-state index contributed by atoms with van der Waals surface area (Å²) >= 11 is 0. The summed E-state index contributed by atoms with van der Waals surface area (Å²) in [6, 6.07) is 0.511. The SMILES string of the molecule is CCN1CCC2(CC1)CC1CCCC1NC2=O. The van der Waals surface area contributed by atoms with Gasteiger partial charge < -0.3 is 10.2 Å². The Labute approximate surface area is 104 Å². The number of nitrogens with zero attached hydrogens (tertiary/aromatic N) is 1. The molecule has 0 aromatic rings. The molecule has 2 unspecified atom stereocenters. The van der Waals surface area contributed by atoms with Gasteiger partial charge in [0.25, 0.3) is 0 Å². The molecule has 1 spiro atoms. The molecule has 2 heterocycles. The van der Waals surface area contributed by atoms with Crippen LogP contribution in [0, 0.1) is 11.3 Å². The van der Waals surface area contributed by atoms with Crippen LogP contribution in [0.25, 0.3) is 0 Å². The van der Waals surface area contributed by atoms with Crippen LogP contribution in [-0.4, -0.2) is 36.5 Å². The zero-order chi connectivity index (χ0) is 11.9. The number of carbonyl (C=O) groups is 1. The van der Waals surface area contributed by atoms with Gasteiger partial charge in [0, 0.05) is 6.04 Å². The van der Waals surface area contributed by atoms with Crippen LogP contribution in [-0.2, 0) is 4.79 Å². The summed E-state index contributed by atoms with van der Waals surface area (Å²) in [6.45, 7) is 5.57. The predicted molar refractivity (Wildman–Crippen MR) is 67.7 cm³/mol. The largest absolute Gasteiger partial charge is 0.353 e. The summed E-state index contributed by atoms with van der Waals surface area (Å²) in [4.78, 5) is 14.9. The van der Waals surface area contributed by atoms with Crippen molar-refractivity contribution in [1.82, 2.24) is 10.2 Å². The van der Waals surface area contributed by atoms with Crippen LogP contribution in [0.1, 0.15) is 45.4 Å². The van der Waals surface area contributed by atoms with E-state index in [-0.39, 0.29) is 5.41 Å². The van der Waals surface area contributed by atoms with E-state index in [2.05, 4.69) is 17.1 Å². The van der Waals surface area contributed by atoms with Gasteiger partial charge in [0.1, 0.15) is 0 Å². The second kappa shape index (κ2) is 4.27. The third-order valence-corrected chi connectivity index (χ3v) is 5.37. The van der Waals surface area contributed by atoms with Gasteiger partial charge in [0.2, 0.25) is 5.91 Å². The van der Waals surface area contributed by atoms with E-state index in [4.69, 9.17) is 0 Å². The highest BCUT2D eigenvalue weighted by molar-refractivity contribution is 5.84. The first kappa shape index (κ1) is 11.5. The summed E-state index contributed by atoms with van der Waals surface area (Å²) in [5.74, 6) is 1.15. The first-order chi connectivity index (χ1) is 8.23. The second-order valence-electron chi connectivity index (χ2n) is 6.19. The molecule has 96 valence electrons. The molecule has 2 aliphatic heterocycles. The molecular formula is C14H24N2O. The van der Waals surface area contributed by atoms with Crippen molar-refractivity contribution >= 4 is 5.91 Å². The van der Waals surface area contributed by atoms with Crippen LogP contribution in [0.15, 0.2) is 0 Å². The monoisotopic (exact) mass is 236 g/mol. The Morgan fingerprint density at radius 2 is 2.12 bits per heavy atom. The van der Waals surface area contributed by atoms with Crippen molar-refractivity contribution < 1.29 is 4.79 Å². The topological polar surface area (TPSA) is 32.3 Å². The molecule has 3 aliphatic rings. The summed E-state index contributed by atoms with van der Waals surface area (Å²) in [6.07, 6.45) is 7.19. The van der Waals surface area contributed by atoms with E-state index in [1.165, 1.54) is 25.7 Å². The molecule has 2 atom stereocenters. The molecule has 17 heavy (non-hydrogen) atoms. The number of amides is 1. The number of fused-ring (bicyclic) bond motifs is 1. The molecule has 0 aromatic carbocycles. The number of hydrogen-bond donors (Lipinski definition) is 1. The Morgan fingerprint density at radius 3 is 2.82 bits per heavy atom. The van der Waals surface area contributed by atoms with Gasteiger partial charge in [-0.05, 0) is 57.7 Å². The first-order valence-corrected chi connectivity index (χ1v) is 7.27. The number of carbonyl (C=O) groups excluding carboxylic acids is 1. The Balaban J connectivity index is 1.72. The van der Waals surface area contributed by atoms with Crippen molar-refractivity contribution in [1.29, 1.82) is 0 Å². The highest BCUT2D eigenvalue weighted by atomic mass is 16.2. The molecular weight excluding hydrogens is 212 g/mol. The van der Waals surface area contributed by atoms with Crippen LogP contribution in [0.3, 0.4) is 0 Å². The van der Waals surface area contributed by atoms with Crippen LogP contribution in [0.4, 0.5) is 0 Å². The fourth-order valence-electron chi connectivity index (χ4n) is 4.12. The third kappa shape index (κ3) is 1.88. The summed E-state index contributed by atoms with van der Waals surface area (Å²) in [5.41, 5.74) is -0.00280. The lowest BCUT2D eigenvalue weighted by Crippen LogP contribution is -2.57. The number of piperidine rings is 2. The Bertz CT molecular complexity index is 307. The van der Waals surface area contributed by atoms with Crippen molar-refractivity contribution in [2.45, 2.75) is 51.5 Å². The first-order valence-electron chi connectivity index (χ1n) is 7.27. The molecule has 3 nitrogen and oxygen atoms in total. The van der Waals surface area contributed by atoms with Crippen molar-refractivity contribution in [3.05, 3.63) is 0 Å². The van der Waals surface area contributed by atoms with Crippen LogP contribution in [0.5, 0.6) is 0 Å². The molecule has 3 rings (SSSR count). The normalized spacial score (nSPS) is 36.9. The summed E-state index contributed by atoms with van der Waals surface area (Å²) in [5, 5.41) is 3.31. The van der Waals surface area contributed by atoms with E-state index < -0.39 is 0 Å². The summed E-state index contributed by atoms with van der Waals surface area (Å²) < 4.78 is 0. The lowest BCUT2D eigenvalue weighted by molar-refractivity contribution is -0.140. The van der Waals surface area contributed by atoms with Gasteiger partial charge in [-0.1, -0.05) is 13.3 Å². The molecule has 2 saturated heterocycles. The predicted octanol–water partition coefficient (Wildman–Crippen LogP) is 1.78. The Hall–Kier alpha value is -0.570. The quantitative estimate of drug-likeness (QED) is 0.752. The average molecular weight is 236 g/mol. The summed E-state index contributed by atoms with van der Waals surface area (Å²) in [7, 11) is 0. The standard InChI is InChI=1S/C14H24N2O/c1-2-16-8-6-14(7-9-16)10-11-4-3-5-12(11)15-13(14)17/h11-12H,2-10H2,1H3,(H,15,17). The fraction of sp³-hybridized carbons (Fsp3) is 0.929. The minimum absolute atomic E-state index is 0.00280. The van der Waals surface area contributed by atoms with Crippen molar-refractivity contribution in [2.75, 3.05) is 19.6 Å². The van der Waals surface area contributed by atoms with Gasteiger partial charge in [-0.3, -0.25) is 4.79 Å². The van der Waals surface area contributed by atoms with Crippen molar-refractivity contribution in [3.8, 4) is 0 Å². The lowest BCUT2D eigenvalue weighted by atomic mass is 9.68. The zero-order valence-electron chi connectivity index (χ0n) is 10.9. The fourth-order valence-corrected chi connectivity index (χ4v) is 4.12. The van der Waals surface area contributed by atoms with Crippen LogP contribution < -0.4 is 5.32 Å². The molecule has 1 saturated carbocycles. The van der Waals surface area contributed by atoms with E-state index in [0.29, 0.717) is 11.9 Å². The Morgan fingerprint density at radius 1 is 1.35 bits per heavy atom. The minimum atomic E-state index is -0.00280. The Kier molecular flexibility index (Phi) is 2.89. The van der Waals surface area contributed by atoms with Gasteiger partial charge in [-0.25, -0.2) is 0 Å². The highest BCUT2D eigenvalue weighted by Crippen LogP contribution is 2.46. The van der Waals surface area contributed by atoms with Crippen LogP contribution >= 0.6 is 0 Å². The number of likely N-dealkylation sites (tertiary alicyclic amines) is 1. The van der Waals surface area contributed by atoms with E-state index in [1.807, 2.05) is 0 Å². The molecule has 3 fully saturated rings. The molecule has 3 heteroatoms.